The molecule has 4 heteroatoms. The lowest BCUT2D eigenvalue weighted by atomic mass is 10.1. The highest BCUT2D eigenvalue weighted by Crippen LogP contribution is 2.16. The highest BCUT2D eigenvalue weighted by molar-refractivity contribution is 6.06. The van der Waals surface area contributed by atoms with E-state index in [4.69, 9.17) is 5.73 Å². The number of nitrogens with two attached hydrogens (primary N) is 1. The van der Waals surface area contributed by atoms with Gasteiger partial charge in [0.25, 0.3) is 5.91 Å². The molecular weight excluding hydrogens is 250 g/mol. The van der Waals surface area contributed by atoms with Gasteiger partial charge in [0.15, 0.2) is 0 Å². The van der Waals surface area contributed by atoms with Crippen molar-refractivity contribution >= 4 is 28.2 Å². The molecule has 3 aromatic rings. The smallest absolute Gasteiger partial charge is 0.255 e. The van der Waals surface area contributed by atoms with E-state index < -0.39 is 0 Å². The van der Waals surface area contributed by atoms with E-state index in [0.717, 1.165) is 16.6 Å². The van der Waals surface area contributed by atoms with Crippen LogP contribution in [0, 0.1) is 0 Å². The third-order valence-electron chi connectivity index (χ3n) is 3.03. The second kappa shape index (κ2) is 5.01. The Kier molecular flexibility index (Phi) is 3.05. The molecule has 0 saturated heterocycles. The molecule has 0 unspecified atom stereocenters. The number of carbonyl (C=O) groups is 1. The first-order valence-corrected chi connectivity index (χ1v) is 6.24. The van der Waals surface area contributed by atoms with Crippen LogP contribution in [-0.4, -0.2) is 10.9 Å². The van der Waals surface area contributed by atoms with Crippen LogP contribution < -0.4 is 11.1 Å². The summed E-state index contributed by atoms with van der Waals surface area (Å²) in [6.07, 6.45) is 1.73. The second-order valence-electron chi connectivity index (χ2n) is 4.49. The highest BCUT2D eigenvalue weighted by Gasteiger charge is 2.07. The number of nitrogens with zero attached hydrogens (tertiary/aromatic N) is 1. The number of carbonyl (C=O) groups excluding carboxylic acids is 1. The Morgan fingerprint density at radius 2 is 1.85 bits per heavy atom. The lowest BCUT2D eigenvalue weighted by molar-refractivity contribution is 0.102. The number of nitrogen functional groups attached to an aromatic ring is 1. The van der Waals surface area contributed by atoms with Crippen molar-refractivity contribution in [1.29, 1.82) is 0 Å². The Labute approximate surface area is 116 Å². The molecule has 20 heavy (non-hydrogen) atoms. The summed E-state index contributed by atoms with van der Waals surface area (Å²) in [7, 11) is 0. The minimum absolute atomic E-state index is 0.152. The van der Waals surface area contributed by atoms with Crippen LogP contribution in [0.15, 0.2) is 60.8 Å². The quantitative estimate of drug-likeness (QED) is 0.698. The number of benzene rings is 2. The van der Waals surface area contributed by atoms with Crippen molar-refractivity contribution in [1.82, 2.24) is 4.98 Å². The topological polar surface area (TPSA) is 68.0 Å². The van der Waals surface area contributed by atoms with Crippen molar-refractivity contribution in [2.75, 3.05) is 11.1 Å². The number of rotatable bonds is 2. The zero-order valence-corrected chi connectivity index (χ0v) is 10.7. The van der Waals surface area contributed by atoms with E-state index in [-0.39, 0.29) is 5.91 Å². The third kappa shape index (κ3) is 2.44. The van der Waals surface area contributed by atoms with E-state index in [2.05, 4.69) is 10.3 Å². The van der Waals surface area contributed by atoms with Gasteiger partial charge in [0.2, 0.25) is 0 Å². The van der Waals surface area contributed by atoms with Gasteiger partial charge in [-0.25, -0.2) is 0 Å². The second-order valence-corrected chi connectivity index (χ2v) is 4.49. The summed E-state index contributed by atoms with van der Waals surface area (Å²) in [6.45, 7) is 0. The molecule has 0 fully saturated rings. The number of nitrogens with one attached hydrogen (secondary N) is 1. The molecule has 4 nitrogen and oxygen atoms in total. The molecular formula is C16H13N3O. The van der Waals surface area contributed by atoms with Gasteiger partial charge in [0, 0.05) is 28.5 Å². The van der Waals surface area contributed by atoms with Crippen LogP contribution >= 0.6 is 0 Å². The molecule has 98 valence electrons. The molecule has 0 aliphatic carbocycles. The normalized spacial score (nSPS) is 10.4. The van der Waals surface area contributed by atoms with Gasteiger partial charge in [-0.15, -0.1) is 0 Å². The summed E-state index contributed by atoms with van der Waals surface area (Å²) in [5.41, 5.74) is 8.47. The van der Waals surface area contributed by atoms with E-state index in [1.54, 1.807) is 36.5 Å². The van der Waals surface area contributed by atoms with Gasteiger partial charge in [0.1, 0.15) is 0 Å². The lowest BCUT2D eigenvalue weighted by Gasteiger charge is -2.06. The summed E-state index contributed by atoms with van der Waals surface area (Å²) in [5.74, 6) is -0.152. The van der Waals surface area contributed by atoms with Gasteiger partial charge in [-0.2, -0.15) is 0 Å². The van der Waals surface area contributed by atoms with Crippen LogP contribution in [0.3, 0.4) is 0 Å². The fourth-order valence-electron chi connectivity index (χ4n) is 1.99. The predicted octanol–water partition coefficient (Wildman–Crippen LogP) is 3.07. The fourth-order valence-corrected chi connectivity index (χ4v) is 1.99. The Hall–Kier alpha value is -2.88. The van der Waals surface area contributed by atoms with Gasteiger partial charge in [0.05, 0.1) is 5.52 Å². The molecule has 0 bridgehead atoms. The lowest BCUT2D eigenvalue weighted by Crippen LogP contribution is -2.11. The van der Waals surface area contributed by atoms with E-state index in [0.29, 0.717) is 11.3 Å². The maximum absolute atomic E-state index is 12.2. The zero-order chi connectivity index (χ0) is 13.9. The van der Waals surface area contributed by atoms with Crippen molar-refractivity contribution in [3.05, 3.63) is 66.4 Å². The SMILES string of the molecule is Nc1ccc(NC(=O)c2ccc3ncccc3c2)cc1. The summed E-state index contributed by atoms with van der Waals surface area (Å²) in [6, 6.07) is 16.3. The van der Waals surface area contributed by atoms with E-state index >= 15 is 0 Å². The zero-order valence-electron chi connectivity index (χ0n) is 10.7. The summed E-state index contributed by atoms with van der Waals surface area (Å²) >= 11 is 0. The third-order valence-corrected chi connectivity index (χ3v) is 3.03. The van der Waals surface area contributed by atoms with E-state index in [9.17, 15) is 4.79 Å². The van der Waals surface area contributed by atoms with Crippen molar-refractivity contribution < 1.29 is 4.79 Å². The maximum atomic E-state index is 12.2. The van der Waals surface area contributed by atoms with Crippen molar-refractivity contribution in [3.8, 4) is 0 Å². The highest BCUT2D eigenvalue weighted by atomic mass is 16.1. The minimum atomic E-state index is -0.152. The monoisotopic (exact) mass is 263 g/mol. The van der Waals surface area contributed by atoms with Crippen LogP contribution in [0.1, 0.15) is 10.4 Å². The molecule has 2 aromatic carbocycles. The number of hydrogen-bond acceptors (Lipinski definition) is 3. The van der Waals surface area contributed by atoms with Crippen molar-refractivity contribution in [2.24, 2.45) is 0 Å². The predicted molar refractivity (Wildman–Crippen MR) is 80.6 cm³/mol. The average Bonchev–Trinajstić information content (AvgIpc) is 2.49. The summed E-state index contributed by atoms with van der Waals surface area (Å²) in [5, 5.41) is 3.78. The van der Waals surface area contributed by atoms with Gasteiger partial charge in [-0.1, -0.05) is 6.07 Å². The number of hydrogen-bond donors (Lipinski definition) is 2. The van der Waals surface area contributed by atoms with Crippen LogP contribution in [0.5, 0.6) is 0 Å². The molecule has 0 atom stereocenters. The summed E-state index contributed by atoms with van der Waals surface area (Å²) in [4.78, 5) is 16.4. The Morgan fingerprint density at radius 3 is 2.65 bits per heavy atom. The first kappa shape index (κ1) is 12.2. The van der Waals surface area contributed by atoms with Crippen molar-refractivity contribution in [2.45, 2.75) is 0 Å². The average molecular weight is 263 g/mol. The van der Waals surface area contributed by atoms with E-state index in [1.165, 1.54) is 0 Å². The molecule has 3 N–H and O–H groups in total. The van der Waals surface area contributed by atoms with Crippen LogP contribution in [0.2, 0.25) is 0 Å². The molecule has 0 spiro atoms. The molecule has 0 aliphatic rings. The number of anilines is 2. The molecule has 0 radical (unpaired) electrons. The molecule has 1 aromatic heterocycles. The molecule has 0 saturated carbocycles. The number of amides is 1. The number of fused-ring (bicyclic) bond motifs is 1. The van der Waals surface area contributed by atoms with Crippen LogP contribution in [0.4, 0.5) is 11.4 Å². The van der Waals surface area contributed by atoms with Gasteiger partial charge < -0.3 is 11.1 Å². The standard InChI is InChI=1S/C16H13N3O/c17-13-4-6-14(7-5-13)19-16(20)12-3-8-15-11(10-12)2-1-9-18-15/h1-10H,17H2,(H,19,20). The van der Waals surface area contributed by atoms with Gasteiger partial charge in [-0.3, -0.25) is 9.78 Å². The van der Waals surface area contributed by atoms with Crippen LogP contribution in [0.25, 0.3) is 10.9 Å². The number of pyridine rings is 1. The molecule has 1 amide bonds. The molecule has 0 aliphatic heterocycles. The Morgan fingerprint density at radius 1 is 1.05 bits per heavy atom. The van der Waals surface area contributed by atoms with Crippen molar-refractivity contribution in [3.63, 3.8) is 0 Å². The van der Waals surface area contributed by atoms with Crippen LogP contribution in [-0.2, 0) is 0 Å². The van der Waals surface area contributed by atoms with Gasteiger partial charge in [-0.05, 0) is 48.5 Å². The summed E-state index contributed by atoms with van der Waals surface area (Å²) < 4.78 is 0. The Balaban J connectivity index is 1.86. The fraction of sp³-hybridized carbons (Fsp3) is 0. The first-order chi connectivity index (χ1) is 9.72. The first-order valence-electron chi connectivity index (χ1n) is 6.24. The van der Waals surface area contributed by atoms with E-state index in [1.807, 2.05) is 24.3 Å². The maximum Gasteiger partial charge on any atom is 0.255 e. The molecule has 3 rings (SSSR count). The minimum Gasteiger partial charge on any atom is -0.399 e. The van der Waals surface area contributed by atoms with Gasteiger partial charge >= 0.3 is 0 Å². The Bertz CT molecular complexity index is 766. The number of aromatic nitrogens is 1. The largest absolute Gasteiger partial charge is 0.399 e. The molecule has 1 heterocycles.